The van der Waals surface area contributed by atoms with Crippen LogP contribution in [0.5, 0.6) is 0 Å². The minimum atomic E-state index is -0.321. The second-order valence-corrected chi connectivity index (χ2v) is 7.02. The number of nitrogens with one attached hydrogen (secondary N) is 2. The molecule has 3 rings (SSSR count). The maximum atomic E-state index is 12.3. The van der Waals surface area contributed by atoms with Gasteiger partial charge in [-0.25, -0.2) is 0 Å². The van der Waals surface area contributed by atoms with Crippen LogP contribution in [0.4, 0.5) is 0 Å². The first-order valence-corrected chi connectivity index (χ1v) is 9.72. The lowest BCUT2D eigenvalue weighted by Crippen LogP contribution is -2.35. The van der Waals surface area contributed by atoms with Gasteiger partial charge in [0.2, 0.25) is 5.91 Å². The van der Waals surface area contributed by atoms with Crippen molar-refractivity contribution in [1.82, 2.24) is 15.5 Å². The second-order valence-electron chi connectivity index (χ2n) is 6.53. The van der Waals surface area contributed by atoms with Crippen LogP contribution < -0.4 is 10.6 Å². The monoisotopic (exact) mass is 411 g/mol. The molecule has 2 N–H and O–H groups in total. The molecule has 0 bridgehead atoms. The fourth-order valence-corrected chi connectivity index (χ4v) is 3.33. The van der Waals surface area contributed by atoms with E-state index < -0.39 is 0 Å². The molecule has 1 aliphatic rings. The number of rotatable bonds is 8. The van der Waals surface area contributed by atoms with Crippen LogP contribution in [0, 0.1) is 0 Å². The van der Waals surface area contributed by atoms with Crippen molar-refractivity contribution in [2.24, 2.45) is 0 Å². The Morgan fingerprint density at radius 2 is 1.45 bits per heavy atom. The van der Waals surface area contributed by atoms with Gasteiger partial charge in [-0.15, -0.1) is 12.6 Å². The Morgan fingerprint density at radius 3 is 2.10 bits per heavy atom. The van der Waals surface area contributed by atoms with Gasteiger partial charge >= 0.3 is 0 Å². The van der Waals surface area contributed by atoms with Crippen molar-refractivity contribution in [2.75, 3.05) is 19.6 Å². The minimum absolute atomic E-state index is 0.181. The molecule has 0 unspecified atom stereocenters. The molecule has 0 aromatic heterocycles. The maximum Gasteiger partial charge on any atom is 0.261 e. The van der Waals surface area contributed by atoms with E-state index in [4.69, 9.17) is 0 Å². The largest absolute Gasteiger partial charge is 0.354 e. The number of amides is 4. The molecule has 2 aromatic rings. The van der Waals surface area contributed by atoms with Gasteiger partial charge in [0, 0.05) is 31.0 Å². The Labute approximate surface area is 173 Å². The molecule has 1 aliphatic heterocycles. The van der Waals surface area contributed by atoms with Crippen LogP contribution in [0.3, 0.4) is 0 Å². The van der Waals surface area contributed by atoms with Crippen molar-refractivity contribution in [1.29, 1.82) is 0 Å². The molecule has 7 nitrogen and oxygen atoms in total. The quantitative estimate of drug-likeness (QED) is 0.351. The number of hydrogen-bond acceptors (Lipinski definition) is 5. The van der Waals surface area contributed by atoms with Gasteiger partial charge in [-0.1, -0.05) is 24.3 Å². The molecule has 0 spiro atoms. The van der Waals surface area contributed by atoms with Crippen molar-refractivity contribution < 1.29 is 19.2 Å². The fraction of sp³-hybridized carbons (Fsp3) is 0.238. The molecular weight excluding hydrogens is 390 g/mol. The topological polar surface area (TPSA) is 95.6 Å². The summed E-state index contributed by atoms with van der Waals surface area (Å²) >= 11 is 4.24. The summed E-state index contributed by atoms with van der Waals surface area (Å²) in [6.07, 6.45) is 0.553. The highest BCUT2D eigenvalue weighted by molar-refractivity contribution is 7.80. The number of fused-ring (bicyclic) bond motifs is 1. The molecule has 0 radical (unpaired) electrons. The van der Waals surface area contributed by atoms with E-state index in [1.54, 1.807) is 48.5 Å². The van der Waals surface area contributed by atoms with Crippen molar-refractivity contribution in [3.8, 4) is 0 Å². The van der Waals surface area contributed by atoms with Crippen molar-refractivity contribution >= 4 is 36.3 Å². The number of hydrogen-bond donors (Lipinski definition) is 3. The Hall–Kier alpha value is -3.13. The normalized spacial score (nSPS) is 12.7. The van der Waals surface area contributed by atoms with Crippen molar-refractivity contribution in [3.05, 3.63) is 65.2 Å². The van der Waals surface area contributed by atoms with E-state index in [1.165, 1.54) is 4.90 Å². The highest BCUT2D eigenvalue weighted by Crippen LogP contribution is 2.22. The predicted molar refractivity (Wildman–Crippen MR) is 110 cm³/mol. The van der Waals surface area contributed by atoms with Gasteiger partial charge in [-0.3, -0.25) is 24.1 Å². The van der Waals surface area contributed by atoms with Crippen LogP contribution in [0.15, 0.2) is 53.4 Å². The van der Waals surface area contributed by atoms with E-state index in [2.05, 4.69) is 23.3 Å². The molecule has 4 amide bonds. The number of benzene rings is 2. The first-order valence-electron chi connectivity index (χ1n) is 9.27. The summed E-state index contributed by atoms with van der Waals surface area (Å²) in [5.74, 6) is -1.10. The van der Waals surface area contributed by atoms with Crippen molar-refractivity contribution in [2.45, 2.75) is 17.7 Å². The average molecular weight is 411 g/mol. The van der Waals surface area contributed by atoms with Gasteiger partial charge in [-0.2, -0.15) is 0 Å². The van der Waals surface area contributed by atoms with Crippen LogP contribution in [-0.4, -0.2) is 48.2 Å². The third kappa shape index (κ3) is 4.83. The lowest BCUT2D eigenvalue weighted by Gasteiger charge is -2.13. The van der Waals surface area contributed by atoms with Crippen LogP contribution in [0.2, 0.25) is 0 Å². The van der Waals surface area contributed by atoms with Crippen LogP contribution in [0.25, 0.3) is 0 Å². The zero-order valence-electron chi connectivity index (χ0n) is 15.7. The molecule has 150 valence electrons. The molecule has 2 aromatic carbocycles. The van der Waals surface area contributed by atoms with E-state index in [-0.39, 0.29) is 49.7 Å². The van der Waals surface area contributed by atoms with Crippen LogP contribution in [-0.2, 0) is 4.79 Å². The van der Waals surface area contributed by atoms with E-state index in [0.717, 1.165) is 0 Å². The summed E-state index contributed by atoms with van der Waals surface area (Å²) in [7, 11) is 0. The highest BCUT2D eigenvalue weighted by atomic mass is 32.1. The Kier molecular flexibility index (Phi) is 6.66. The lowest BCUT2D eigenvalue weighted by atomic mass is 10.1. The van der Waals surface area contributed by atoms with Crippen LogP contribution >= 0.6 is 12.6 Å². The molecule has 0 saturated heterocycles. The molecular formula is C21H21N3O4S. The fourth-order valence-electron chi connectivity index (χ4n) is 3.07. The lowest BCUT2D eigenvalue weighted by molar-refractivity contribution is -0.121. The first kappa shape index (κ1) is 20.6. The van der Waals surface area contributed by atoms with Gasteiger partial charge in [0.05, 0.1) is 16.7 Å². The molecule has 29 heavy (non-hydrogen) atoms. The summed E-state index contributed by atoms with van der Waals surface area (Å²) < 4.78 is 0. The summed E-state index contributed by atoms with van der Waals surface area (Å²) in [6.45, 7) is 0.757. The SMILES string of the molecule is O=C(CCCN1C(=O)c2ccccc2C1=O)NCCNC(=O)c1ccccc1S. The van der Waals surface area contributed by atoms with Gasteiger partial charge in [0.15, 0.2) is 0 Å². The highest BCUT2D eigenvalue weighted by Gasteiger charge is 2.34. The average Bonchev–Trinajstić information content (AvgIpc) is 2.96. The summed E-state index contributed by atoms with van der Waals surface area (Å²) in [5.41, 5.74) is 1.28. The van der Waals surface area contributed by atoms with Crippen molar-refractivity contribution in [3.63, 3.8) is 0 Å². The summed E-state index contributed by atoms with van der Waals surface area (Å²) in [6, 6.07) is 13.6. The Balaban J connectivity index is 1.35. The van der Waals surface area contributed by atoms with E-state index in [1.807, 2.05) is 0 Å². The first-order chi connectivity index (χ1) is 14.0. The molecule has 1 heterocycles. The number of carbonyl (C=O) groups excluding carboxylic acids is 4. The number of thiol groups is 1. The zero-order valence-corrected chi connectivity index (χ0v) is 16.6. The Bertz CT molecular complexity index is 925. The molecule has 0 atom stereocenters. The predicted octanol–water partition coefficient (Wildman–Crippen LogP) is 1.90. The smallest absolute Gasteiger partial charge is 0.261 e. The number of carbonyl (C=O) groups is 4. The van der Waals surface area contributed by atoms with E-state index in [9.17, 15) is 19.2 Å². The second kappa shape index (κ2) is 9.38. The van der Waals surface area contributed by atoms with E-state index in [0.29, 0.717) is 28.0 Å². The molecule has 0 fully saturated rings. The summed E-state index contributed by atoms with van der Waals surface area (Å²) in [4.78, 5) is 50.3. The molecule has 0 saturated carbocycles. The van der Waals surface area contributed by atoms with E-state index >= 15 is 0 Å². The van der Waals surface area contributed by atoms with Gasteiger partial charge in [-0.05, 0) is 30.7 Å². The standard InChI is InChI=1S/C21H21N3O4S/c25-18(22-11-12-23-19(26)16-8-3-4-9-17(16)29)10-5-13-24-20(27)14-6-1-2-7-15(14)21(24)28/h1-4,6-9,29H,5,10-13H2,(H,22,25)(H,23,26). The third-order valence-electron chi connectivity index (χ3n) is 4.55. The van der Waals surface area contributed by atoms with Gasteiger partial charge in [0.1, 0.15) is 0 Å². The third-order valence-corrected chi connectivity index (χ3v) is 4.94. The molecule has 0 aliphatic carbocycles. The van der Waals surface area contributed by atoms with Crippen LogP contribution in [0.1, 0.15) is 43.9 Å². The minimum Gasteiger partial charge on any atom is -0.354 e. The zero-order chi connectivity index (χ0) is 20.8. The Morgan fingerprint density at radius 1 is 0.862 bits per heavy atom. The van der Waals surface area contributed by atoms with Gasteiger partial charge < -0.3 is 10.6 Å². The molecule has 8 heteroatoms. The number of nitrogens with zero attached hydrogens (tertiary/aromatic N) is 1. The van der Waals surface area contributed by atoms with Gasteiger partial charge in [0.25, 0.3) is 17.7 Å². The summed E-state index contributed by atoms with van der Waals surface area (Å²) in [5, 5.41) is 5.43. The maximum absolute atomic E-state index is 12.3. The number of imide groups is 1.